The molecule has 3 rings (SSSR count). The number of nitro benzene ring substituents is 1. The molecule has 1 unspecified atom stereocenters. The van der Waals surface area contributed by atoms with Crippen LogP contribution in [0.15, 0.2) is 60.9 Å². The van der Waals surface area contributed by atoms with Gasteiger partial charge < -0.3 is 14.2 Å². The largest absolute Gasteiger partial charge is 0.486 e. The highest BCUT2D eigenvalue weighted by molar-refractivity contribution is 5.94. The Morgan fingerprint density at radius 1 is 1.28 bits per heavy atom. The van der Waals surface area contributed by atoms with Crippen LogP contribution >= 0.6 is 0 Å². The van der Waals surface area contributed by atoms with Gasteiger partial charge in [-0.15, -0.1) is 0 Å². The molecular formula is C21H22N4O4. The second-order valence-corrected chi connectivity index (χ2v) is 6.71. The first-order valence-corrected chi connectivity index (χ1v) is 9.07. The number of aromatic nitrogens is 2. The molecule has 0 saturated carbocycles. The Bertz CT molecular complexity index is 1010. The van der Waals surface area contributed by atoms with E-state index in [0.29, 0.717) is 23.5 Å². The molecule has 0 radical (unpaired) electrons. The summed E-state index contributed by atoms with van der Waals surface area (Å²) in [6.07, 6.45) is 3.55. The second-order valence-electron chi connectivity index (χ2n) is 6.71. The van der Waals surface area contributed by atoms with Gasteiger partial charge >= 0.3 is 0 Å². The molecule has 1 atom stereocenters. The molecule has 2 aromatic carbocycles. The van der Waals surface area contributed by atoms with Crippen molar-refractivity contribution in [2.24, 2.45) is 7.05 Å². The fourth-order valence-corrected chi connectivity index (χ4v) is 2.88. The van der Waals surface area contributed by atoms with Gasteiger partial charge in [0.2, 0.25) is 0 Å². The van der Waals surface area contributed by atoms with E-state index in [1.807, 2.05) is 24.7 Å². The lowest BCUT2D eigenvalue weighted by Crippen LogP contribution is -2.29. The molecule has 0 saturated heterocycles. The Balaban J connectivity index is 1.66. The summed E-state index contributed by atoms with van der Waals surface area (Å²) in [6, 6.07) is 12.9. The van der Waals surface area contributed by atoms with Gasteiger partial charge in [-0.25, -0.2) is 4.98 Å². The highest BCUT2D eigenvalue weighted by Gasteiger charge is 2.20. The van der Waals surface area contributed by atoms with Crippen LogP contribution in [0.25, 0.3) is 0 Å². The van der Waals surface area contributed by atoms with Crippen molar-refractivity contribution < 1.29 is 14.5 Å². The lowest BCUT2D eigenvalue weighted by Gasteiger charge is -2.25. The van der Waals surface area contributed by atoms with Crippen LogP contribution < -0.4 is 4.74 Å². The fourth-order valence-electron chi connectivity index (χ4n) is 2.88. The SMILES string of the molecule is CC(c1cccc([N+](=O)[O-])c1)N(C)C(=O)c1ccc(OCc2nccn2C)cc1. The van der Waals surface area contributed by atoms with Gasteiger partial charge in [0.15, 0.2) is 0 Å². The number of nitrogens with zero attached hydrogens (tertiary/aromatic N) is 4. The van der Waals surface area contributed by atoms with Gasteiger partial charge in [0.1, 0.15) is 18.2 Å². The number of non-ortho nitro benzene ring substituents is 1. The molecule has 0 bridgehead atoms. The molecule has 0 aliphatic rings. The normalized spacial score (nSPS) is 11.7. The third-order valence-electron chi connectivity index (χ3n) is 4.85. The number of imidazole rings is 1. The van der Waals surface area contributed by atoms with Crippen LogP contribution in [0.4, 0.5) is 5.69 Å². The molecule has 29 heavy (non-hydrogen) atoms. The standard InChI is InChI=1S/C21H22N4O4/c1-15(17-5-4-6-18(13-17)25(27)28)24(3)21(26)16-7-9-19(10-8-16)29-14-20-22-11-12-23(20)2/h4-13,15H,14H2,1-3H3. The number of hydrogen-bond acceptors (Lipinski definition) is 5. The van der Waals surface area contributed by atoms with Gasteiger partial charge in [-0.1, -0.05) is 12.1 Å². The average molecular weight is 394 g/mol. The molecule has 3 aromatic rings. The molecule has 8 heteroatoms. The zero-order valence-electron chi connectivity index (χ0n) is 16.5. The third kappa shape index (κ3) is 4.60. The summed E-state index contributed by atoms with van der Waals surface area (Å²) in [6.45, 7) is 2.17. The number of benzene rings is 2. The van der Waals surface area contributed by atoms with Crippen LogP contribution in [0.1, 0.15) is 34.7 Å². The van der Waals surface area contributed by atoms with Gasteiger partial charge in [-0.3, -0.25) is 14.9 Å². The summed E-state index contributed by atoms with van der Waals surface area (Å²) in [7, 11) is 3.57. The lowest BCUT2D eigenvalue weighted by molar-refractivity contribution is -0.384. The van der Waals surface area contributed by atoms with Crippen LogP contribution in [0.5, 0.6) is 5.75 Å². The van der Waals surface area contributed by atoms with Gasteiger partial charge in [0.25, 0.3) is 11.6 Å². The Morgan fingerprint density at radius 2 is 2.00 bits per heavy atom. The van der Waals surface area contributed by atoms with E-state index >= 15 is 0 Å². The summed E-state index contributed by atoms with van der Waals surface area (Å²) in [5, 5.41) is 11.0. The van der Waals surface area contributed by atoms with Gasteiger partial charge in [-0.2, -0.15) is 0 Å². The predicted octanol–water partition coefficient (Wildman–Crippen LogP) is 3.74. The van der Waals surface area contributed by atoms with Crippen LogP contribution in [-0.4, -0.2) is 32.3 Å². The summed E-state index contributed by atoms with van der Waals surface area (Å²) >= 11 is 0. The van der Waals surface area contributed by atoms with Gasteiger partial charge in [-0.05, 0) is 36.8 Å². The van der Waals surface area contributed by atoms with Crippen LogP contribution in [0.2, 0.25) is 0 Å². The van der Waals surface area contributed by atoms with E-state index in [0.717, 1.165) is 5.82 Å². The van der Waals surface area contributed by atoms with E-state index in [1.165, 1.54) is 12.1 Å². The minimum Gasteiger partial charge on any atom is -0.486 e. The first kappa shape index (κ1) is 20.1. The van der Waals surface area contributed by atoms with Crippen molar-refractivity contribution in [3.63, 3.8) is 0 Å². The molecular weight excluding hydrogens is 372 g/mol. The van der Waals surface area contributed by atoms with E-state index in [2.05, 4.69) is 4.98 Å². The van der Waals surface area contributed by atoms with Gasteiger partial charge in [0, 0.05) is 44.2 Å². The first-order valence-electron chi connectivity index (χ1n) is 9.07. The number of rotatable bonds is 7. The number of carbonyl (C=O) groups excluding carboxylic acids is 1. The summed E-state index contributed by atoms with van der Waals surface area (Å²) < 4.78 is 7.58. The number of ether oxygens (including phenoxy) is 1. The summed E-state index contributed by atoms with van der Waals surface area (Å²) in [5.41, 5.74) is 1.21. The molecule has 1 aromatic heterocycles. The van der Waals surface area contributed by atoms with Crippen molar-refractivity contribution in [3.8, 4) is 5.75 Å². The molecule has 0 N–H and O–H groups in total. The fraction of sp³-hybridized carbons (Fsp3) is 0.238. The zero-order chi connectivity index (χ0) is 21.0. The van der Waals surface area contributed by atoms with Crippen molar-refractivity contribution in [1.82, 2.24) is 14.5 Å². The molecule has 0 spiro atoms. The molecule has 8 nitrogen and oxygen atoms in total. The van der Waals surface area contributed by atoms with Crippen molar-refractivity contribution in [1.29, 1.82) is 0 Å². The van der Waals surface area contributed by atoms with Crippen LogP contribution in [0.3, 0.4) is 0 Å². The molecule has 0 aliphatic carbocycles. The second kappa shape index (κ2) is 8.55. The molecule has 1 heterocycles. The van der Waals surface area contributed by atoms with E-state index in [-0.39, 0.29) is 17.6 Å². The molecule has 0 fully saturated rings. The minimum absolute atomic E-state index is 0.00409. The van der Waals surface area contributed by atoms with Crippen LogP contribution in [-0.2, 0) is 13.7 Å². The highest BCUT2D eigenvalue weighted by atomic mass is 16.6. The number of nitro groups is 1. The topological polar surface area (TPSA) is 90.5 Å². The number of hydrogen-bond donors (Lipinski definition) is 0. The monoisotopic (exact) mass is 394 g/mol. The molecule has 0 aliphatic heterocycles. The summed E-state index contributed by atoms with van der Waals surface area (Å²) in [5.74, 6) is 1.26. The number of carbonyl (C=O) groups is 1. The Hall–Kier alpha value is -3.68. The van der Waals surface area contributed by atoms with Crippen molar-refractivity contribution in [2.75, 3.05) is 7.05 Å². The van der Waals surface area contributed by atoms with Crippen molar-refractivity contribution >= 4 is 11.6 Å². The minimum atomic E-state index is -0.443. The van der Waals surface area contributed by atoms with Crippen molar-refractivity contribution in [2.45, 2.75) is 19.6 Å². The van der Waals surface area contributed by atoms with E-state index in [4.69, 9.17) is 4.74 Å². The number of aryl methyl sites for hydroxylation is 1. The first-order chi connectivity index (χ1) is 13.9. The van der Waals surface area contributed by atoms with Crippen molar-refractivity contribution in [3.05, 3.63) is 88.0 Å². The average Bonchev–Trinajstić information content (AvgIpc) is 3.15. The lowest BCUT2D eigenvalue weighted by atomic mass is 10.1. The predicted molar refractivity (Wildman–Crippen MR) is 108 cm³/mol. The van der Waals surface area contributed by atoms with E-state index in [9.17, 15) is 14.9 Å². The maximum atomic E-state index is 12.8. The maximum Gasteiger partial charge on any atom is 0.269 e. The summed E-state index contributed by atoms with van der Waals surface area (Å²) in [4.78, 5) is 29.1. The Morgan fingerprint density at radius 3 is 2.62 bits per heavy atom. The quantitative estimate of drug-likeness (QED) is 0.450. The van der Waals surface area contributed by atoms with Crippen LogP contribution in [0, 0.1) is 10.1 Å². The van der Waals surface area contributed by atoms with E-state index < -0.39 is 4.92 Å². The van der Waals surface area contributed by atoms with E-state index in [1.54, 1.807) is 54.5 Å². The maximum absolute atomic E-state index is 12.8. The smallest absolute Gasteiger partial charge is 0.269 e. The third-order valence-corrected chi connectivity index (χ3v) is 4.85. The number of amides is 1. The van der Waals surface area contributed by atoms with Gasteiger partial charge in [0.05, 0.1) is 11.0 Å². The molecule has 150 valence electrons. The Labute approximate surface area is 168 Å². The molecule has 1 amide bonds. The Kier molecular flexibility index (Phi) is 5.92. The highest BCUT2D eigenvalue weighted by Crippen LogP contribution is 2.25. The zero-order valence-corrected chi connectivity index (χ0v) is 16.5.